The van der Waals surface area contributed by atoms with Crippen molar-refractivity contribution in [1.29, 1.82) is 0 Å². The molecule has 0 bridgehead atoms. The van der Waals surface area contributed by atoms with Gasteiger partial charge in [0.25, 0.3) is 5.91 Å². The van der Waals surface area contributed by atoms with Crippen LogP contribution < -0.4 is 10.1 Å². The van der Waals surface area contributed by atoms with Crippen LogP contribution in [0.1, 0.15) is 19.8 Å². The average molecular weight is 386 g/mol. The number of hydrogen-bond donors (Lipinski definition) is 2. The van der Waals surface area contributed by atoms with Gasteiger partial charge < -0.3 is 19.9 Å². The molecule has 1 aliphatic heterocycles. The number of carbonyl (C=O) groups excluding carboxylic acids is 1. The lowest BCUT2D eigenvalue weighted by Gasteiger charge is -2.33. The Morgan fingerprint density at radius 3 is 2.52 bits per heavy atom. The lowest BCUT2D eigenvalue weighted by Crippen LogP contribution is -2.48. The molecule has 0 saturated carbocycles. The van der Waals surface area contributed by atoms with Crippen molar-refractivity contribution in [3.63, 3.8) is 0 Å². The van der Waals surface area contributed by atoms with Crippen LogP contribution in [0.2, 0.25) is 0 Å². The smallest absolute Gasteiger partial charge is 0.311 e. The van der Waals surface area contributed by atoms with Crippen LogP contribution >= 0.6 is 15.9 Å². The minimum atomic E-state index is -0.953. The molecule has 0 spiro atoms. The van der Waals surface area contributed by atoms with Gasteiger partial charge in [-0.25, -0.2) is 0 Å². The van der Waals surface area contributed by atoms with Gasteiger partial charge in [-0.3, -0.25) is 9.59 Å². The number of aliphatic carboxylic acids is 1. The number of benzene rings is 1. The molecule has 2 N–H and O–H groups in total. The van der Waals surface area contributed by atoms with Gasteiger partial charge in [0.15, 0.2) is 6.10 Å². The average Bonchev–Trinajstić information content (AvgIpc) is 2.55. The largest absolute Gasteiger partial charge is 0.481 e. The van der Waals surface area contributed by atoms with Gasteiger partial charge in [-0.2, -0.15) is 0 Å². The molecule has 0 aliphatic carbocycles. The maximum Gasteiger partial charge on any atom is 0.311 e. The molecule has 7 heteroatoms. The second kappa shape index (κ2) is 7.79. The lowest BCUT2D eigenvalue weighted by atomic mass is 9.80. The van der Waals surface area contributed by atoms with E-state index in [0.717, 1.165) is 4.47 Å². The molecule has 6 nitrogen and oxygen atoms in total. The van der Waals surface area contributed by atoms with Crippen LogP contribution in [0.3, 0.4) is 0 Å². The van der Waals surface area contributed by atoms with E-state index in [9.17, 15) is 14.7 Å². The number of ether oxygens (including phenoxy) is 2. The van der Waals surface area contributed by atoms with Gasteiger partial charge in [-0.05, 0) is 44.0 Å². The summed E-state index contributed by atoms with van der Waals surface area (Å²) < 4.78 is 11.7. The summed E-state index contributed by atoms with van der Waals surface area (Å²) in [5, 5.41) is 12.2. The molecular weight excluding hydrogens is 366 g/mol. The number of carboxylic acids is 1. The third-order valence-corrected chi connectivity index (χ3v) is 4.53. The molecule has 1 amide bonds. The highest BCUT2D eigenvalue weighted by Crippen LogP contribution is 2.30. The third-order valence-electron chi connectivity index (χ3n) is 4.00. The Balaban J connectivity index is 1.89. The van der Waals surface area contributed by atoms with Gasteiger partial charge in [0.05, 0.1) is 5.41 Å². The fraction of sp³-hybridized carbons (Fsp3) is 0.500. The van der Waals surface area contributed by atoms with Crippen molar-refractivity contribution < 1.29 is 24.2 Å². The van der Waals surface area contributed by atoms with Gasteiger partial charge in [0, 0.05) is 24.2 Å². The van der Waals surface area contributed by atoms with Crippen molar-refractivity contribution in [2.45, 2.75) is 25.9 Å². The molecule has 1 aliphatic rings. The van der Waals surface area contributed by atoms with Crippen molar-refractivity contribution in [3.05, 3.63) is 28.7 Å². The minimum absolute atomic E-state index is 0.0819. The number of amides is 1. The topological polar surface area (TPSA) is 84.9 Å². The maximum absolute atomic E-state index is 12.2. The summed E-state index contributed by atoms with van der Waals surface area (Å²) in [6, 6.07) is 7.15. The monoisotopic (exact) mass is 385 g/mol. The standard InChI is InChI=1S/C16H20BrNO5/c1-11(23-13-4-2-12(17)3-5-13)14(19)18-10-16(15(20)21)6-8-22-9-7-16/h2-5,11H,6-10H2,1H3,(H,18,19)(H,20,21). The molecule has 1 unspecified atom stereocenters. The van der Waals surface area contributed by atoms with E-state index in [4.69, 9.17) is 9.47 Å². The molecule has 1 aromatic rings. The Hall–Kier alpha value is -1.60. The van der Waals surface area contributed by atoms with E-state index in [-0.39, 0.29) is 12.5 Å². The molecule has 1 atom stereocenters. The summed E-state index contributed by atoms with van der Waals surface area (Å²) in [6.07, 6.45) is 0.0802. The van der Waals surface area contributed by atoms with Crippen LogP contribution in [0.25, 0.3) is 0 Å². The number of halogens is 1. The molecular formula is C16H20BrNO5. The zero-order chi connectivity index (χ0) is 16.9. The van der Waals surface area contributed by atoms with E-state index in [2.05, 4.69) is 21.2 Å². The predicted octanol–water partition coefficient (Wildman–Crippen LogP) is 2.21. The zero-order valence-corrected chi connectivity index (χ0v) is 14.5. The first-order chi connectivity index (χ1) is 10.9. The molecule has 126 valence electrons. The van der Waals surface area contributed by atoms with Crippen molar-refractivity contribution in [1.82, 2.24) is 5.32 Å². The maximum atomic E-state index is 12.2. The first kappa shape index (κ1) is 17.7. The van der Waals surface area contributed by atoms with Gasteiger partial charge in [-0.1, -0.05) is 15.9 Å². The SMILES string of the molecule is CC(Oc1ccc(Br)cc1)C(=O)NCC1(C(=O)O)CCOCC1. The summed E-state index contributed by atoms with van der Waals surface area (Å²) >= 11 is 3.33. The van der Waals surface area contributed by atoms with E-state index >= 15 is 0 Å². The van der Waals surface area contributed by atoms with Crippen LogP contribution in [-0.2, 0) is 14.3 Å². The molecule has 2 rings (SSSR count). The lowest BCUT2D eigenvalue weighted by molar-refractivity contribution is -0.155. The fourth-order valence-electron chi connectivity index (χ4n) is 2.40. The molecule has 1 aromatic carbocycles. The van der Waals surface area contributed by atoms with Crippen LogP contribution in [0, 0.1) is 5.41 Å². The van der Waals surface area contributed by atoms with Gasteiger partial charge >= 0.3 is 5.97 Å². The summed E-state index contributed by atoms with van der Waals surface area (Å²) in [5.41, 5.74) is -0.953. The van der Waals surface area contributed by atoms with E-state index in [1.807, 2.05) is 12.1 Å². The van der Waals surface area contributed by atoms with E-state index in [0.29, 0.717) is 31.8 Å². The Morgan fingerprint density at radius 1 is 1.35 bits per heavy atom. The van der Waals surface area contributed by atoms with Gasteiger partial charge in [-0.15, -0.1) is 0 Å². The van der Waals surface area contributed by atoms with E-state index < -0.39 is 17.5 Å². The normalized spacial score (nSPS) is 18.0. The summed E-state index contributed by atoms with van der Waals surface area (Å²) in [5.74, 6) is -0.655. The second-order valence-corrected chi connectivity index (χ2v) is 6.55. The van der Waals surface area contributed by atoms with Crippen molar-refractivity contribution in [3.8, 4) is 5.75 Å². The van der Waals surface area contributed by atoms with Gasteiger partial charge in [0.1, 0.15) is 5.75 Å². The van der Waals surface area contributed by atoms with Crippen LogP contribution in [0.4, 0.5) is 0 Å². The Morgan fingerprint density at radius 2 is 1.96 bits per heavy atom. The molecule has 23 heavy (non-hydrogen) atoms. The highest BCUT2D eigenvalue weighted by Gasteiger charge is 2.40. The third kappa shape index (κ3) is 4.68. The number of carbonyl (C=O) groups is 2. The molecule has 1 heterocycles. The Bertz CT molecular complexity index is 554. The number of carboxylic acid groups (broad SMARTS) is 1. The highest BCUT2D eigenvalue weighted by molar-refractivity contribution is 9.10. The Labute approximate surface area is 143 Å². The summed E-state index contributed by atoms with van der Waals surface area (Å²) in [6.45, 7) is 2.51. The Kier molecular flexibility index (Phi) is 6.01. The fourth-order valence-corrected chi connectivity index (χ4v) is 2.66. The summed E-state index contributed by atoms with van der Waals surface area (Å²) in [4.78, 5) is 23.7. The first-order valence-corrected chi connectivity index (χ1v) is 8.23. The minimum Gasteiger partial charge on any atom is -0.481 e. The molecule has 1 saturated heterocycles. The molecule has 0 radical (unpaired) electrons. The quantitative estimate of drug-likeness (QED) is 0.783. The highest BCUT2D eigenvalue weighted by atomic mass is 79.9. The van der Waals surface area contributed by atoms with Crippen LogP contribution in [0.15, 0.2) is 28.7 Å². The summed E-state index contributed by atoms with van der Waals surface area (Å²) in [7, 11) is 0. The first-order valence-electron chi connectivity index (χ1n) is 7.44. The number of nitrogens with one attached hydrogen (secondary N) is 1. The van der Waals surface area contributed by atoms with Gasteiger partial charge in [0.2, 0.25) is 0 Å². The number of hydrogen-bond acceptors (Lipinski definition) is 4. The molecule has 1 fully saturated rings. The predicted molar refractivity (Wildman–Crippen MR) is 87.4 cm³/mol. The van der Waals surface area contributed by atoms with Crippen LogP contribution in [-0.4, -0.2) is 42.8 Å². The van der Waals surface area contributed by atoms with Crippen molar-refractivity contribution in [2.75, 3.05) is 19.8 Å². The van der Waals surface area contributed by atoms with Crippen LogP contribution in [0.5, 0.6) is 5.75 Å². The zero-order valence-electron chi connectivity index (χ0n) is 12.9. The second-order valence-electron chi connectivity index (χ2n) is 5.63. The molecule has 0 aromatic heterocycles. The van der Waals surface area contributed by atoms with Crippen molar-refractivity contribution in [2.24, 2.45) is 5.41 Å². The van der Waals surface area contributed by atoms with E-state index in [1.165, 1.54) is 0 Å². The van der Waals surface area contributed by atoms with Crippen molar-refractivity contribution >= 4 is 27.8 Å². The number of rotatable bonds is 6. The van der Waals surface area contributed by atoms with E-state index in [1.54, 1.807) is 19.1 Å².